The highest BCUT2D eigenvalue weighted by Gasteiger charge is 2.09. The third-order valence-corrected chi connectivity index (χ3v) is 3.91. The van der Waals surface area contributed by atoms with Crippen molar-refractivity contribution in [3.8, 4) is 0 Å². The Morgan fingerprint density at radius 1 is 1.12 bits per heavy atom. The summed E-state index contributed by atoms with van der Waals surface area (Å²) in [5.41, 5.74) is 1.50. The fourth-order valence-electron chi connectivity index (χ4n) is 2.22. The van der Waals surface area contributed by atoms with Crippen LogP contribution >= 0.6 is 23.8 Å². The largest absolute Gasteiger partial charge is 0.332 e. The lowest BCUT2D eigenvalue weighted by molar-refractivity contribution is 0.585. The van der Waals surface area contributed by atoms with Gasteiger partial charge >= 0.3 is 0 Å². The van der Waals surface area contributed by atoms with Gasteiger partial charge in [0, 0.05) is 22.5 Å². The number of anilines is 2. The molecule has 0 saturated carbocycles. The first-order valence-corrected chi connectivity index (χ1v) is 8.09. The maximum absolute atomic E-state index is 13.8. The molecule has 0 unspecified atom stereocenters. The lowest BCUT2D eigenvalue weighted by Crippen LogP contribution is -2.18. The van der Waals surface area contributed by atoms with E-state index >= 15 is 0 Å². The van der Waals surface area contributed by atoms with Crippen LogP contribution in [-0.4, -0.2) is 14.9 Å². The van der Waals surface area contributed by atoms with Crippen molar-refractivity contribution >= 4 is 40.3 Å². The summed E-state index contributed by atoms with van der Waals surface area (Å²) in [6, 6.07) is 10.5. The van der Waals surface area contributed by atoms with Crippen molar-refractivity contribution in [2.24, 2.45) is 0 Å². The van der Waals surface area contributed by atoms with Gasteiger partial charge in [-0.15, -0.1) is 0 Å². The predicted molar refractivity (Wildman–Crippen MR) is 99.0 cm³/mol. The lowest BCUT2D eigenvalue weighted by Gasteiger charge is -2.09. The van der Waals surface area contributed by atoms with Gasteiger partial charge in [-0.05, 0) is 42.5 Å². The van der Waals surface area contributed by atoms with Gasteiger partial charge in [0.25, 0.3) is 0 Å². The van der Waals surface area contributed by atoms with Crippen LogP contribution in [0.25, 0.3) is 0 Å². The number of nitrogens with zero attached hydrogens (tertiary/aromatic N) is 2. The second kappa shape index (κ2) is 7.58. The van der Waals surface area contributed by atoms with Gasteiger partial charge in [-0.1, -0.05) is 23.7 Å². The topological polar surface area (TPSA) is 41.9 Å². The smallest absolute Gasteiger partial charge is 0.175 e. The van der Waals surface area contributed by atoms with Crippen LogP contribution in [-0.2, 0) is 6.54 Å². The Morgan fingerprint density at radius 3 is 2.64 bits per heavy atom. The molecule has 4 nitrogen and oxygen atoms in total. The molecule has 0 aliphatic heterocycles. The monoisotopic (exact) mass is 378 g/mol. The zero-order chi connectivity index (χ0) is 17.8. The Labute approximate surface area is 153 Å². The van der Waals surface area contributed by atoms with Gasteiger partial charge in [0.15, 0.2) is 5.11 Å². The molecule has 0 bridgehead atoms. The van der Waals surface area contributed by atoms with Crippen LogP contribution in [0, 0.1) is 11.6 Å². The third kappa shape index (κ3) is 4.52. The van der Waals surface area contributed by atoms with Crippen LogP contribution < -0.4 is 10.6 Å². The number of thiocarbonyl (C=S) groups is 1. The Balaban J connectivity index is 1.64. The van der Waals surface area contributed by atoms with Gasteiger partial charge in [-0.2, -0.15) is 5.10 Å². The van der Waals surface area contributed by atoms with Gasteiger partial charge in [-0.3, -0.25) is 4.68 Å². The van der Waals surface area contributed by atoms with Gasteiger partial charge in [0.1, 0.15) is 11.6 Å². The average molecular weight is 379 g/mol. The van der Waals surface area contributed by atoms with Crippen molar-refractivity contribution in [1.29, 1.82) is 0 Å². The predicted octanol–water partition coefficient (Wildman–Crippen LogP) is 4.67. The number of nitrogens with one attached hydrogen (secondary N) is 2. The molecule has 0 fully saturated rings. The highest BCUT2D eigenvalue weighted by Crippen LogP contribution is 2.20. The summed E-state index contributed by atoms with van der Waals surface area (Å²) in [5.74, 6) is -0.747. The minimum Gasteiger partial charge on any atom is -0.332 e. The van der Waals surface area contributed by atoms with Crippen molar-refractivity contribution in [1.82, 2.24) is 9.78 Å². The van der Waals surface area contributed by atoms with E-state index in [1.54, 1.807) is 36.7 Å². The second-order valence-corrected chi connectivity index (χ2v) is 6.03. The zero-order valence-corrected chi connectivity index (χ0v) is 14.4. The summed E-state index contributed by atoms with van der Waals surface area (Å²) >= 11 is 11.2. The molecule has 0 aliphatic rings. The number of benzene rings is 2. The maximum atomic E-state index is 13.8. The van der Waals surface area contributed by atoms with E-state index in [-0.39, 0.29) is 23.3 Å². The van der Waals surface area contributed by atoms with Gasteiger partial charge in [0.05, 0.1) is 18.4 Å². The first-order chi connectivity index (χ1) is 12.0. The van der Waals surface area contributed by atoms with Gasteiger partial charge in [0.2, 0.25) is 0 Å². The first-order valence-electron chi connectivity index (χ1n) is 7.30. The fourth-order valence-corrected chi connectivity index (χ4v) is 2.68. The maximum Gasteiger partial charge on any atom is 0.175 e. The van der Waals surface area contributed by atoms with E-state index in [0.29, 0.717) is 22.0 Å². The molecule has 25 heavy (non-hydrogen) atoms. The average Bonchev–Trinajstić information content (AvgIpc) is 2.98. The highest BCUT2D eigenvalue weighted by atomic mass is 35.5. The molecule has 1 heterocycles. The number of hydrogen-bond acceptors (Lipinski definition) is 2. The van der Waals surface area contributed by atoms with Crippen LogP contribution in [0.2, 0.25) is 5.02 Å². The number of rotatable bonds is 4. The van der Waals surface area contributed by atoms with E-state index in [9.17, 15) is 8.78 Å². The minimum absolute atomic E-state index is 0.192. The molecule has 0 saturated heterocycles. The summed E-state index contributed by atoms with van der Waals surface area (Å²) in [4.78, 5) is 0. The van der Waals surface area contributed by atoms with Crippen molar-refractivity contribution in [2.45, 2.75) is 6.54 Å². The lowest BCUT2D eigenvalue weighted by atomic mass is 10.2. The van der Waals surface area contributed by atoms with Crippen LogP contribution in [0.15, 0.2) is 54.9 Å². The first kappa shape index (κ1) is 17.3. The SMILES string of the molecule is Fc1cccc(NC(=S)Nc2cnn(Cc3c(F)cccc3Cl)c2)c1. The standard InChI is InChI=1S/C17H13ClF2N4S/c18-15-5-2-6-16(20)14(15)10-24-9-13(8-21-24)23-17(25)22-12-4-1-3-11(19)7-12/h1-9H,10H2,(H2,22,23,25). The molecular weight excluding hydrogens is 366 g/mol. The summed E-state index contributed by atoms with van der Waals surface area (Å²) in [6.45, 7) is 0.192. The molecule has 2 N–H and O–H groups in total. The van der Waals surface area contributed by atoms with E-state index < -0.39 is 0 Å². The van der Waals surface area contributed by atoms with E-state index in [1.165, 1.54) is 22.9 Å². The van der Waals surface area contributed by atoms with Gasteiger partial charge in [-0.25, -0.2) is 8.78 Å². The molecule has 1 aromatic heterocycles. The Bertz CT molecular complexity index is 893. The van der Waals surface area contributed by atoms with Crippen LogP contribution in [0.3, 0.4) is 0 Å². The van der Waals surface area contributed by atoms with E-state index in [0.717, 1.165) is 0 Å². The molecule has 3 aromatic rings. The summed E-state index contributed by atoms with van der Waals surface area (Å²) in [6.07, 6.45) is 3.22. The van der Waals surface area contributed by atoms with Crippen LogP contribution in [0.1, 0.15) is 5.56 Å². The number of hydrogen-bond donors (Lipinski definition) is 2. The number of halogens is 3. The number of aromatic nitrogens is 2. The van der Waals surface area contributed by atoms with Crippen molar-refractivity contribution < 1.29 is 8.78 Å². The molecule has 2 aromatic carbocycles. The summed E-state index contributed by atoms with van der Waals surface area (Å²) in [5, 5.41) is 10.6. The Hall–Kier alpha value is -2.51. The quantitative estimate of drug-likeness (QED) is 0.647. The highest BCUT2D eigenvalue weighted by molar-refractivity contribution is 7.80. The molecule has 0 amide bonds. The molecule has 128 valence electrons. The summed E-state index contributed by atoms with van der Waals surface area (Å²) in [7, 11) is 0. The van der Waals surface area contributed by atoms with E-state index in [1.807, 2.05) is 0 Å². The summed E-state index contributed by atoms with van der Waals surface area (Å²) < 4.78 is 28.5. The van der Waals surface area contributed by atoms with Crippen molar-refractivity contribution in [3.05, 3.63) is 77.1 Å². The molecule has 0 aliphatic carbocycles. The van der Waals surface area contributed by atoms with Crippen LogP contribution in [0.5, 0.6) is 0 Å². The van der Waals surface area contributed by atoms with Gasteiger partial charge < -0.3 is 10.6 Å². The van der Waals surface area contributed by atoms with Crippen molar-refractivity contribution in [3.63, 3.8) is 0 Å². The molecule has 0 atom stereocenters. The Kier molecular flexibility index (Phi) is 5.25. The minimum atomic E-state index is -0.388. The van der Waals surface area contributed by atoms with Crippen LogP contribution in [0.4, 0.5) is 20.2 Å². The Morgan fingerprint density at radius 2 is 1.88 bits per heavy atom. The van der Waals surface area contributed by atoms with E-state index in [4.69, 9.17) is 23.8 Å². The molecule has 3 rings (SSSR count). The van der Waals surface area contributed by atoms with E-state index in [2.05, 4.69) is 15.7 Å². The molecular formula is C17H13ClF2N4S. The second-order valence-electron chi connectivity index (χ2n) is 5.22. The molecule has 0 spiro atoms. The molecule has 0 radical (unpaired) electrons. The molecule has 8 heteroatoms. The normalized spacial score (nSPS) is 10.5. The zero-order valence-electron chi connectivity index (χ0n) is 12.8. The fraction of sp³-hybridized carbons (Fsp3) is 0.0588. The third-order valence-electron chi connectivity index (χ3n) is 3.36. The van der Waals surface area contributed by atoms with Crippen molar-refractivity contribution in [2.75, 3.05) is 10.6 Å².